The zero-order valence-corrected chi connectivity index (χ0v) is 15.7. The smallest absolute Gasteiger partial charge is 0.293 e. The molecule has 26 heavy (non-hydrogen) atoms. The lowest BCUT2D eigenvalue weighted by atomic mass is 9.95. The molecule has 7 heteroatoms. The van der Waals surface area contributed by atoms with E-state index >= 15 is 0 Å². The van der Waals surface area contributed by atoms with Crippen LogP contribution in [0.15, 0.2) is 23.0 Å². The van der Waals surface area contributed by atoms with Crippen LogP contribution < -0.4 is 10.3 Å². The van der Waals surface area contributed by atoms with Crippen LogP contribution in [0.5, 0.6) is 5.75 Å². The van der Waals surface area contributed by atoms with Gasteiger partial charge in [-0.3, -0.25) is 9.59 Å². The minimum absolute atomic E-state index is 0.0204. The number of methoxy groups -OCH3 is 1. The minimum Gasteiger partial charge on any atom is -0.490 e. The molecule has 0 N–H and O–H groups in total. The van der Waals surface area contributed by atoms with E-state index in [0.717, 1.165) is 16.8 Å². The van der Waals surface area contributed by atoms with Gasteiger partial charge in [0.05, 0.1) is 17.7 Å². The average Bonchev–Trinajstić information content (AvgIpc) is 2.62. The molecule has 0 saturated carbocycles. The average molecular weight is 379 g/mol. The quantitative estimate of drug-likeness (QED) is 0.822. The first-order valence-electron chi connectivity index (χ1n) is 8.40. The fourth-order valence-electron chi connectivity index (χ4n) is 3.52. The topological polar surface area (TPSA) is 51.5 Å². The Kier molecular flexibility index (Phi) is 5.05. The van der Waals surface area contributed by atoms with Crippen LogP contribution >= 0.6 is 11.6 Å². The lowest BCUT2D eigenvalue weighted by Gasteiger charge is -2.31. The summed E-state index contributed by atoms with van der Waals surface area (Å²) in [7, 11) is 3.09. The van der Waals surface area contributed by atoms with E-state index in [2.05, 4.69) is 0 Å². The van der Waals surface area contributed by atoms with Crippen LogP contribution in [0.4, 0.5) is 4.39 Å². The molecule has 0 radical (unpaired) electrons. The van der Waals surface area contributed by atoms with Gasteiger partial charge in [-0.25, -0.2) is 4.39 Å². The van der Waals surface area contributed by atoms with Crippen LogP contribution in [0.3, 0.4) is 0 Å². The van der Waals surface area contributed by atoms with Crippen LogP contribution in [0.25, 0.3) is 0 Å². The first-order chi connectivity index (χ1) is 12.4. The first kappa shape index (κ1) is 18.5. The van der Waals surface area contributed by atoms with E-state index in [-0.39, 0.29) is 28.8 Å². The summed E-state index contributed by atoms with van der Waals surface area (Å²) in [5.74, 6) is -0.675. The third-order valence-electron chi connectivity index (χ3n) is 4.81. The number of benzene rings is 1. The number of fused-ring (bicyclic) bond motifs is 1. The third-order valence-corrected chi connectivity index (χ3v) is 5.10. The van der Waals surface area contributed by atoms with E-state index in [1.54, 1.807) is 22.6 Å². The van der Waals surface area contributed by atoms with E-state index in [4.69, 9.17) is 16.3 Å². The molecule has 1 amide bonds. The van der Waals surface area contributed by atoms with Crippen molar-refractivity contribution in [1.29, 1.82) is 0 Å². The van der Waals surface area contributed by atoms with Gasteiger partial charge in [0.25, 0.3) is 11.5 Å². The minimum atomic E-state index is -0.497. The number of hydrogen-bond acceptors (Lipinski definition) is 3. The van der Waals surface area contributed by atoms with Crippen LogP contribution in [-0.4, -0.2) is 29.0 Å². The summed E-state index contributed by atoms with van der Waals surface area (Å²) >= 11 is 5.83. The molecule has 1 aliphatic heterocycles. The highest BCUT2D eigenvalue weighted by atomic mass is 35.5. The van der Waals surface area contributed by atoms with Gasteiger partial charge in [-0.1, -0.05) is 24.6 Å². The van der Waals surface area contributed by atoms with Gasteiger partial charge >= 0.3 is 0 Å². The number of halogens is 2. The molecule has 0 bridgehead atoms. The van der Waals surface area contributed by atoms with Gasteiger partial charge in [-0.2, -0.15) is 0 Å². The van der Waals surface area contributed by atoms with Crippen LogP contribution in [0, 0.1) is 5.82 Å². The molecule has 1 aliphatic rings. The second kappa shape index (κ2) is 7.11. The summed E-state index contributed by atoms with van der Waals surface area (Å²) in [5, 5.41) is 0.0204. The number of ether oxygens (including phenoxy) is 1. The Hall–Kier alpha value is -2.34. The fourth-order valence-corrected chi connectivity index (χ4v) is 3.72. The van der Waals surface area contributed by atoms with E-state index < -0.39 is 5.82 Å². The molecule has 138 valence electrons. The lowest BCUT2D eigenvalue weighted by Crippen LogP contribution is -2.40. The number of aromatic nitrogens is 1. The van der Waals surface area contributed by atoms with E-state index in [1.807, 2.05) is 6.92 Å². The van der Waals surface area contributed by atoms with Crippen molar-refractivity contribution in [1.82, 2.24) is 9.47 Å². The molecule has 2 heterocycles. The zero-order chi connectivity index (χ0) is 19.0. The van der Waals surface area contributed by atoms with Gasteiger partial charge in [0.1, 0.15) is 5.82 Å². The van der Waals surface area contributed by atoms with Gasteiger partial charge in [-0.05, 0) is 36.1 Å². The SMILES string of the molecule is CCc1c2c(c(OC)c(=O)n1C)C(=O)N(Cc1ccc(F)c(Cl)c1)CC2. The monoisotopic (exact) mass is 378 g/mol. The Labute approximate surface area is 155 Å². The Morgan fingerprint density at radius 1 is 1.31 bits per heavy atom. The Morgan fingerprint density at radius 2 is 2.04 bits per heavy atom. The number of amides is 1. The summed E-state index contributed by atoms with van der Waals surface area (Å²) in [6, 6.07) is 4.40. The highest BCUT2D eigenvalue weighted by Crippen LogP contribution is 2.29. The maximum Gasteiger partial charge on any atom is 0.293 e. The van der Waals surface area contributed by atoms with Gasteiger partial charge in [-0.15, -0.1) is 0 Å². The summed E-state index contributed by atoms with van der Waals surface area (Å²) in [5.41, 5.74) is 2.47. The van der Waals surface area contributed by atoms with Crippen molar-refractivity contribution in [3.63, 3.8) is 0 Å². The molecule has 2 aromatic rings. The lowest BCUT2D eigenvalue weighted by molar-refractivity contribution is 0.0721. The molecular weight excluding hydrogens is 359 g/mol. The van der Waals surface area contributed by atoms with Gasteiger partial charge in [0, 0.05) is 25.8 Å². The van der Waals surface area contributed by atoms with Gasteiger partial charge < -0.3 is 14.2 Å². The van der Waals surface area contributed by atoms with Crippen LogP contribution in [0.2, 0.25) is 5.02 Å². The largest absolute Gasteiger partial charge is 0.490 e. The maximum absolute atomic E-state index is 13.3. The molecule has 1 aromatic carbocycles. The van der Waals surface area contributed by atoms with Crippen molar-refractivity contribution in [2.45, 2.75) is 26.3 Å². The Balaban J connectivity index is 2.03. The standard InChI is InChI=1S/C19H20ClFN2O3/c1-4-15-12-7-8-23(10-11-5-6-14(21)13(20)9-11)18(24)16(12)17(26-3)19(25)22(15)2/h5-6,9H,4,7-8,10H2,1-3H3. The summed E-state index contributed by atoms with van der Waals surface area (Å²) in [6.45, 7) is 2.76. The highest BCUT2D eigenvalue weighted by molar-refractivity contribution is 6.30. The second-order valence-electron chi connectivity index (χ2n) is 6.28. The third kappa shape index (κ3) is 2.98. The predicted molar refractivity (Wildman–Crippen MR) is 97.5 cm³/mol. The number of rotatable bonds is 4. The zero-order valence-electron chi connectivity index (χ0n) is 14.9. The molecule has 3 rings (SSSR count). The van der Waals surface area contributed by atoms with Crippen LogP contribution in [-0.2, 0) is 26.4 Å². The predicted octanol–water partition coefficient (Wildman–Crippen LogP) is 2.95. The molecular formula is C19H20ClFN2O3. The van der Waals surface area contributed by atoms with E-state index in [9.17, 15) is 14.0 Å². The van der Waals surface area contributed by atoms with E-state index in [0.29, 0.717) is 24.9 Å². The van der Waals surface area contributed by atoms with Crippen molar-refractivity contribution < 1.29 is 13.9 Å². The van der Waals surface area contributed by atoms with Crippen molar-refractivity contribution in [2.75, 3.05) is 13.7 Å². The molecule has 0 unspecified atom stereocenters. The number of carbonyl (C=O) groups is 1. The van der Waals surface area contributed by atoms with Crippen molar-refractivity contribution in [2.24, 2.45) is 7.05 Å². The molecule has 0 spiro atoms. The normalized spacial score (nSPS) is 13.7. The molecule has 0 aliphatic carbocycles. The van der Waals surface area contributed by atoms with Crippen LogP contribution in [0.1, 0.15) is 34.1 Å². The number of nitrogens with zero attached hydrogens (tertiary/aromatic N) is 2. The fraction of sp³-hybridized carbons (Fsp3) is 0.368. The molecule has 5 nitrogen and oxygen atoms in total. The van der Waals surface area contributed by atoms with Gasteiger partial charge in [0.2, 0.25) is 0 Å². The number of carbonyl (C=O) groups excluding carboxylic acids is 1. The summed E-state index contributed by atoms with van der Waals surface area (Å²) in [6.07, 6.45) is 1.28. The molecule has 0 saturated heterocycles. The number of pyridine rings is 1. The van der Waals surface area contributed by atoms with Crippen molar-refractivity contribution >= 4 is 17.5 Å². The van der Waals surface area contributed by atoms with Gasteiger partial charge in [0.15, 0.2) is 5.75 Å². The summed E-state index contributed by atoms with van der Waals surface area (Å²) in [4.78, 5) is 27.3. The Bertz CT molecular complexity index is 939. The Morgan fingerprint density at radius 3 is 2.65 bits per heavy atom. The molecule has 0 fully saturated rings. The molecule has 0 atom stereocenters. The van der Waals surface area contributed by atoms with E-state index in [1.165, 1.54) is 19.2 Å². The summed E-state index contributed by atoms with van der Waals surface area (Å²) < 4.78 is 20.2. The molecule has 1 aromatic heterocycles. The van der Waals surface area contributed by atoms with Crippen molar-refractivity contribution in [3.8, 4) is 5.75 Å². The highest BCUT2D eigenvalue weighted by Gasteiger charge is 2.32. The first-order valence-corrected chi connectivity index (χ1v) is 8.78. The van der Waals surface area contributed by atoms with Crippen molar-refractivity contribution in [3.05, 3.63) is 61.8 Å². The maximum atomic E-state index is 13.3. The number of hydrogen-bond donors (Lipinski definition) is 0. The second-order valence-corrected chi connectivity index (χ2v) is 6.68.